The molecule has 0 aromatic heterocycles. The van der Waals surface area contributed by atoms with Crippen molar-refractivity contribution in [1.82, 2.24) is 4.90 Å². The topological polar surface area (TPSA) is 23.6 Å². The maximum absolute atomic E-state index is 13.1. The van der Waals surface area contributed by atoms with Gasteiger partial charge in [-0.15, -0.1) is 11.8 Å². The van der Waals surface area contributed by atoms with Crippen LogP contribution in [0.5, 0.6) is 0 Å². The number of benzene rings is 2. The summed E-state index contributed by atoms with van der Waals surface area (Å²) < 4.78 is 0.835. The van der Waals surface area contributed by atoms with E-state index in [0.29, 0.717) is 5.75 Å². The highest BCUT2D eigenvalue weighted by molar-refractivity contribution is 8.23. The van der Waals surface area contributed by atoms with E-state index in [0.717, 1.165) is 33.7 Å². The van der Waals surface area contributed by atoms with Crippen LogP contribution in [0.2, 0.25) is 0 Å². The molecule has 0 aliphatic carbocycles. The molecule has 0 radical (unpaired) electrons. The number of likely N-dealkylation sites (tertiary alicyclic amines) is 1. The molecule has 1 saturated heterocycles. The second kappa shape index (κ2) is 9.44. The average molecular weight is 403 g/mol. The Hall–Kier alpha value is -1.50. The molecule has 6 heteroatoms. The third-order valence-corrected chi connectivity index (χ3v) is 6.49. The first-order valence-corrected chi connectivity index (χ1v) is 11.2. The highest BCUT2D eigenvalue weighted by Gasteiger charge is 2.21. The molecule has 1 amide bonds. The van der Waals surface area contributed by atoms with Crippen molar-refractivity contribution in [2.24, 2.45) is 0 Å². The standard InChI is InChI=1S/C20H22N2OS3/c1-25-18-11-7-10-17(14-18)22(16-8-3-2-4-9-16)19(23)15-26-20(24)21-12-5-6-13-21/h2-4,7-11,14H,5-6,12-13,15H2,1H3. The van der Waals surface area contributed by atoms with Gasteiger partial charge in [-0.25, -0.2) is 0 Å². The van der Waals surface area contributed by atoms with E-state index in [-0.39, 0.29) is 5.91 Å². The lowest BCUT2D eigenvalue weighted by Crippen LogP contribution is -2.30. The Balaban J connectivity index is 1.78. The molecule has 1 aliphatic heterocycles. The van der Waals surface area contributed by atoms with E-state index in [2.05, 4.69) is 17.0 Å². The summed E-state index contributed by atoms with van der Waals surface area (Å²) in [6.07, 6.45) is 4.41. The van der Waals surface area contributed by atoms with Gasteiger partial charge in [-0.2, -0.15) is 0 Å². The molecule has 1 fully saturated rings. The molecule has 3 rings (SSSR count). The van der Waals surface area contributed by atoms with Crippen molar-refractivity contribution in [3.05, 3.63) is 54.6 Å². The minimum absolute atomic E-state index is 0.0426. The number of hydrogen-bond acceptors (Lipinski definition) is 4. The van der Waals surface area contributed by atoms with E-state index in [4.69, 9.17) is 12.2 Å². The first-order chi connectivity index (χ1) is 12.7. The number of rotatable bonds is 5. The van der Waals surface area contributed by atoms with Crippen LogP contribution in [0.3, 0.4) is 0 Å². The number of anilines is 2. The van der Waals surface area contributed by atoms with E-state index in [9.17, 15) is 4.79 Å². The van der Waals surface area contributed by atoms with Gasteiger partial charge in [-0.05, 0) is 49.4 Å². The number of thioether (sulfide) groups is 2. The summed E-state index contributed by atoms with van der Waals surface area (Å²) in [4.78, 5) is 18.2. The molecule has 2 aromatic rings. The second-order valence-corrected chi connectivity index (χ2v) is 8.50. The van der Waals surface area contributed by atoms with Crippen molar-refractivity contribution in [2.75, 3.05) is 30.0 Å². The Bertz CT molecular complexity index is 761. The maximum Gasteiger partial charge on any atom is 0.241 e. The Kier molecular flexibility index (Phi) is 7.00. The average Bonchev–Trinajstić information content (AvgIpc) is 3.22. The van der Waals surface area contributed by atoms with Crippen LogP contribution < -0.4 is 4.90 Å². The Morgan fingerprint density at radius 2 is 1.77 bits per heavy atom. The lowest BCUT2D eigenvalue weighted by Gasteiger charge is -2.24. The molecule has 26 heavy (non-hydrogen) atoms. The molecular weight excluding hydrogens is 380 g/mol. The summed E-state index contributed by atoms with van der Waals surface area (Å²) in [5, 5.41) is 0. The van der Waals surface area contributed by atoms with Crippen molar-refractivity contribution in [2.45, 2.75) is 17.7 Å². The molecular formula is C20H22N2OS3. The first-order valence-electron chi connectivity index (χ1n) is 8.63. The van der Waals surface area contributed by atoms with Gasteiger partial charge in [0.15, 0.2) is 0 Å². The summed E-state index contributed by atoms with van der Waals surface area (Å²) >= 11 is 8.65. The van der Waals surface area contributed by atoms with Gasteiger partial charge in [0.1, 0.15) is 4.32 Å². The van der Waals surface area contributed by atoms with Crippen LogP contribution >= 0.6 is 35.7 Å². The number of nitrogens with zero attached hydrogens (tertiary/aromatic N) is 2. The fourth-order valence-electron chi connectivity index (χ4n) is 2.94. The molecule has 0 bridgehead atoms. The van der Waals surface area contributed by atoms with Gasteiger partial charge in [0.25, 0.3) is 0 Å². The zero-order valence-corrected chi connectivity index (χ0v) is 17.2. The number of thiocarbonyl (C=S) groups is 1. The number of carbonyl (C=O) groups excluding carboxylic acids is 1. The van der Waals surface area contributed by atoms with Crippen LogP contribution in [-0.4, -0.2) is 40.2 Å². The molecule has 0 unspecified atom stereocenters. The highest BCUT2D eigenvalue weighted by atomic mass is 32.2. The van der Waals surface area contributed by atoms with Gasteiger partial charge in [-0.1, -0.05) is 48.2 Å². The molecule has 136 valence electrons. The predicted octanol–water partition coefficient (Wildman–Crippen LogP) is 5.19. The van der Waals surface area contributed by atoms with Crippen molar-refractivity contribution in [3.63, 3.8) is 0 Å². The molecule has 2 aromatic carbocycles. The summed E-state index contributed by atoms with van der Waals surface area (Å²) in [7, 11) is 0. The minimum Gasteiger partial charge on any atom is -0.358 e. The quantitative estimate of drug-likeness (QED) is 0.506. The van der Waals surface area contributed by atoms with Crippen LogP contribution in [-0.2, 0) is 4.79 Å². The van der Waals surface area contributed by atoms with Gasteiger partial charge in [-0.3, -0.25) is 9.69 Å². The fraction of sp³-hybridized carbons (Fsp3) is 0.300. The van der Waals surface area contributed by atoms with Gasteiger partial charge in [0.2, 0.25) is 5.91 Å². The monoisotopic (exact) mass is 402 g/mol. The fourth-order valence-corrected chi connectivity index (χ4v) is 4.50. The normalized spacial score (nSPS) is 13.7. The van der Waals surface area contributed by atoms with E-state index in [1.54, 1.807) is 16.7 Å². The second-order valence-electron chi connectivity index (χ2n) is 6.01. The minimum atomic E-state index is 0.0426. The zero-order chi connectivity index (χ0) is 18.4. The van der Waals surface area contributed by atoms with Gasteiger partial charge in [0, 0.05) is 23.7 Å². The lowest BCUT2D eigenvalue weighted by atomic mass is 10.2. The van der Waals surface area contributed by atoms with Crippen LogP contribution in [0.4, 0.5) is 11.4 Å². The molecule has 0 spiro atoms. The SMILES string of the molecule is CSc1cccc(N(C(=O)CSC(=S)N2CCCC2)c2ccccc2)c1. The Labute approximate surface area is 169 Å². The van der Waals surface area contributed by atoms with Gasteiger partial charge >= 0.3 is 0 Å². The third-order valence-electron chi connectivity index (χ3n) is 4.26. The number of hydrogen-bond donors (Lipinski definition) is 0. The molecule has 1 aliphatic rings. The Morgan fingerprint density at radius 3 is 2.46 bits per heavy atom. The number of carbonyl (C=O) groups is 1. The summed E-state index contributed by atoms with van der Waals surface area (Å²) in [6, 6.07) is 17.9. The third kappa shape index (κ3) is 4.81. The summed E-state index contributed by atoms with van der Waals surface area (Å²) in [5.74, 6) is 0.384. The van der Waals surface area contributed by atoms with E-state index in [1.165, 1.54) is 24.6 Å². The molecule has 1 heterocycles. The van der Waals surface area contributed by atoms with E-state index in [1.807, 2.05) is 48.7 Å². The van der Waals surface area contributed by atoms with E-state index >= 15 is 0 Å². The molecule has 0 N–H and O–H groups in total. The summed E-state index contributed by atoms with van der Waals surface area (Å²) in [6.45, 7) is 2.02. The van der Waals surface area contributed by atoms with Crippen LogP contribution in [0.1, 0.15) is 12.8 Å². The van der Waals surface area contributed by atoms with Gasteiger partial charge < -0.3 is 4.90 Å². The predicted molar refractivity (Wildman–Crippen MR) is 118 cm³/mol. The van der Waals surface area contributed by atoms with Crippen molar-refractivity contribution in [1.29, 1.82) is 0 Å². The molecule has 0 saturated carbocycles. The van der Waals surface area contributed by atoms with Crippen molar-refractivity contribution in [3.8, 4) is 0 Å². The summed E-state index contributed by atoms with van der Waals surface area (Å²) in [5.41, 5.74) is 1.77. The first kappa shape index (κ1) is 19.3. The Morgan fingerprint density at radius 1 is 1.08 bits per heavy atom. The van der Waals surface area contributed by atoms with E-state index < -0.39 is 0 Å². The van der Waals surface area contributed by atoms with Crippen LogP contribution in [0, 0.1) is 0 Å². The van der Waals surface area contributed by atoms with Crippen molar-refractivity contribution >= 4 is 57.3 Å². The smallest absolute Gasteiger partial charge is 0.241 e. The maximum atomic E-state index is 13.1. The van der Waals surface area contributed by atoms with Crippen molar-refractivity contribution < 1.29 is 4.79 Å². The lowest BCUT2D eigenvalue weighted by molar-refractivity contribution is -0.115. The van der Waals surface area contributed by atoms with Crippen LogP contribution in [0.15, 0.2) is 59.5 Å². The number of para-hydroxylation sites is 1. The molecule has 3 nitrogen and oxygen atoms in total. The zero-order valence-electron chi connectivity index (χ0n) is 14.8. The highest BCUT2D eigenvalue weighted by Crippen LogP contribution is 2.29. The van der Waals surface area contributed by atoms with Gasteiger partial charge in [0.05, 0.1) is 11.4 Å². The van der Waals surface area contributed by atoms with Crippen LogP contribution in [0.25, 0.3) is 0 Å². The molecule has 0 atom stereocenters. The largest absolute Gasteiger partial charge is 0.358 e. The number of amides is 1.